The van der Waals surface area contributed by atoms with Gasteiger partial charge in [0, 0.05) is 32.8 Å². The number of ether oxygens (including phenoxy) is 1. The summed E-state index contributed by atoms with van der Waals surface area (Å²) in [4.78, 5) is 25.4. The number of carbonyl (C=O) groups excluding carboxylic acids is 1. The zero-order valence-corrected chi connectivity index (χ0v) is 20.5. The molecule has 1 aromatic carbocycles. The van der Waals surface area contributed by atoms with Crippen LogP contribution in [0.3, 0.4) is 0 Å². The third-order valence-corrected chi connectivity index (χ3v) is 7.58. The van der Waals surface area contributed by atoms with Crippen molar-refractivity contribution in [3.05, 3.63) is 42.1 Å². The second kappa shape index (κ2) is 10.3. The largest absolute Gasteiger partial charge is 0.381 e. The second-order valence-electron chi connectivity index (χ2n) is 8.88. The number of carbonyl (C=O) groups is 1. The monoisotopic (exact) mass is 480 g/mol. The first-order chi connectivity index (χ1) is 16.7. The van der Waals surface area contributed by atoms with Crippen molar-refractivity contribution in [3.8, 4) is 0 Å². The Kier molecular flexibility index (Phi) is 7.01. The fourth-order valence-corrected chi connectivity index (χ4v) is 5.58. The van der Waals surface area contributed by atoms with Crippen molar-refractivity contribution in [2.24, 2.45) is 0 Å². The number of fused-ring (bicyclic) bond motifs is 1. The van der Waals surface area contributed by atoms with E-state index in [-0.39, 0.29) is 5.91 Å². The fraction of sp³-hybridized carbons (Fsp3) is 0.520. The van der Waals surface area contributed by atoms with E-state index in [4.69, 9.17) is 14.7 Å². The lowest BCUT2D eigenvalue weighted by molar-refractivity contribution is -0.130. The highest BCUT2D eigenvalue weighted by Gasteiger charge is 2.41. The first kappa shape index (κ1) is 23.1. The topological polar surface area (TPSA) is 85.2 Å². The molecule has 2 fully saturated rings. The maximum atomic E-state index is 13.4. The second-order valence-corrected chi connectivity index (χ2v) is 10.1. The van der Waals surface area contributed by atoms with Gasteiger partial charge in [0.05, 0.1) is 23.5 Å². The van der Waals surface area contributed by atoms with Crippen LogP contribution in [0.2, 0.25) is 0 Å². The highest BCUT2D eigenvalue weighted by atomic mass is 32.2. The van der Waals surface area contributed by atoms with Crippen molar-refractivity contribution in [1.82, 2.24) is 25.1 Å². The van der Waals surface area contributed by atoms with Gasteiger partial charge in [-0.05, 0) is 37.0 Å². The van der Waals surface area contributed by atoms with E-state index in [1.165, 1.54) is 12.8 Å². The molecule has 0 bridgehead atoms. The van der Waals surface area contributed by atoms with Crippen LogP contribution >= 0.6 is 11.8 Å². The molecular formula is C25H32N6O2S. The summed E-state index contributed by atoms with van der Waals surface area (Å²) in [7, 11) is 0. The number of benzene rings is 1. The number of hydrogen-bond acceptors (Lipinski definition) is 7. The van der Waals surface area contributed by atoms with Gasteiger partial charge < -0.3 is 15.0 Å². The molecule has 1 N–H and O–H groups in total. The lowest BCUT2D eigenvalue weighted by Crippen LogP contribution is -2.48. The van der Waals surface area contributed by atoms with Crippen LogP contribution in [0, 0.1) is 0 Å². The molecule has 3 aromatic rings. The van der Waals surface area contributed by atoms with Crippen molar-refractivity contribution in [2.45, 2.75) is 49.7 Å². The summed E-state index contributed by atoms with van der Waals surface area (Å²) in [5.74, 6) is 1.97. The number of amides is 1. The van der Waals surface area contributed by atoms with Crippen molar-refractivity contribution in [1.29, 1.82) is 0 Å². The molecule has 2 aliphatic heterocycles. The quantitative estimate of drug-likeness (QED) is 0.391. The Hall–Kier alpha value is -2.65. The van der Waals surface area contributed by atoms with Crippen LogP contribution < -0.4 is 10.2 Å². The summed E-state index contributed by atoms with van der Waals surface area (Å²) in [6.07, 6.45) is 5.64. The Morgan fingerprint density at radius 2 is 1.91 bits per heavy atom. The molecule has 8 nitrogen and oxygen atoms in total. The first-order valence-electron chi connectivity index (χ1n) is 12.2. The van der Waals surface area contributed by atoms with Gasteiger partial charge >= 0.3 is 0 Å². The predicted octanol–water partition coefficient (Wildman–Crippen LogP) is 3.40. The molecule has 4 heterocycles. The zero-order chi connectivity index (χ0) is 23.4. The Bertz CT molecular complexity index is 1120. The minimum Gasteiger partial charge on any atom is -0.381 e. The maximum Gasteiger partial charge on any atom is 0.230 e. The van der Waals surface area contributed by atoms with Crippen LogP contribution in [0.4, 0.5) is 5.82 Å². The summed E-state index contributed by atoms with van der Waals surface area (Å²) in [5.41, 5.74) is 1.36. The zero-order valence-electron chi connectivity index (χ0n) is 19.7. The molecular weight excluding hydrogens is 448 g/mol. The summed E-state index contributed by atoms with van der Waals surface area (Å²) >= 11 is 1.65. The smallest absolute Gasteiger partial charge is 0.230 e. The lowest BCUT2D eigenvalue weighted by Gasteiger charge is -2.36. The van der Waals surface area contributed by atoms with Crippen molar-refractivity contribution >= 4 is 34.5 Å². The summed E-state index contributed by atoms with van der Waals surface area (Å²) < 4.78 is 7.48. The average Bonchev–Trinajstić information content (AvgIpc) is 3.56. The summed E-state index contributed by atoms with van der Waals surface area (Å²) in [6, 6.07) is 10.1. The van der Waals surface area contributed by atoms with E-state index in [1.807, 2.05) is 29.1 Å². The third kappa shape index (κ3) is 4.51. The van der Waals surface area contributed by atoms with Gasteiger partial charge in [0.2, 0.25) is 5.91 Å². The molecule has 180 valence electrons. The van der Waals surface area contributed by atoms with E-state index in [0.29, 0.717) is 39.1 Å². The Labute approximate surface area is 204 Å². The number of aromatic nitrogens is 4. The SMILES string of the molecule is CCSc1nc(N2CCCC2)c2cnn(CCNC(=O)C3(c4ccccc4)CCOCC3)c2n1. The van der Waals surface area contributed by atoms with Gasteiger partial charge in [-0.2, -0.15) is 5.10 Å². The Morgan fingerprint density at radius 1 is 1.15 bits per heavy atom. The first-order valence-corrected chi connectivity index (χ1v) is 13.2. The molecule has 0 spiro atoms. The summed E-state index contributed by atoms with van der Waals surface area (Å²) in [6.45, 7) is 6.40. The van der Waals surface area contributed by atoms with Gasteiger partial charge in [0.1, 0.15) is 5.82 Å². The molecule has 0 unspecified atom stereocenters. The van der Waals surface area contributed by atoms with E-state index >= 15 is 0 Å². The van der Waals surface area contributed by atoms with Crippen molar-refractivity contribution < 1.29 is 9.53 Å². The minimum atomic E-state index is -0.540. The predicted molar refractivity (Wildman–Crippen MR) is 134 cm³/mol. The van der Waals surface area contributed by atoms with E-state index in [9.17, 15) is 4.79 Å². The molecule has 9 heteroatoms. The van der Waals surface area contributed by atoms with Gasteiger partial charge in [0.15, 0.2) is 10.8 Å². The summed E-state index contributed by atoms with van der Waals surface area (Å²) in [5, 5.41) is 9.58. The van der Waals surface area contributed by atoms with E-state index in [0.717, 1.165) is 46.4 Å². The number of rotatable bonds is 8. The molecule has 2 aliphatic rings. The average molecular weight is 481 g/mol. The van der Waals surface area contributed by atoms with Gasteiger partial charge in [-0.15, -0.1) is 0 Å². The number of thioether (sulfide) groups is 1. The van der Waals surface area contributed by atoms with E-state index < -0.39 is 5.41 Å². The van der Waals surface area contributed by atoms with Crippen LogP contribution in [-0.2, 0) is 21.5 Å². The molecule has 2 saturated heterocycles. The normalized spacial score (nSPS) is 17.9. The van der Waals surface area contributed by atoms with Gasteiger partial charge in [-0.3, -0.25) is 4.79 Å². The molecule has 2 aromatic heterocycles. The Balaban J connectivity index is 1.34. The molecule has 5 rings (SSSR count). The third-order valence-electron chi connectivity index (χ3n) is 6.85. The molecule has 0 radical (unpaired) electrons. The Morgan fingerprint density at radius 3 is 2.65 bits per heavy atom. The van der Waals surface area contributed by atoms with Gasteiger partial charge in [-0.25, -0.2) is 14.6 Å². The highest BCUT2D eigenvalue weighted by molar-refractivity contribution is 7.99. The lowest BCUT2D eigenvalue weighted by atomic mass is 9.73. The van der Waals surface area contributed by atoms with Crippen molar-refractivity contribution in [2.75, 3.05) is 43.5 Å². The molecule has 0 saturated carbocycles. The molecule has 34 heavy (non-hydrogen) atoms. The fourth-order valence-electron chi connectivity index (χ4n) is 5.02. The number of nitrogens with one attached hydrogen (secondary N) is 1. The van der Waals surface area contributed by atoms with Crippen LogP contribution in [0.1, 0.15) is 38.2 Å². The van der Waals surface area contributed by atoms with Crippen molar-refractivity contribution in [3.63, 3.8) is 0 Å². The van der Waals surface area contributed by atoms with Crippen LogP contribution in [-0.4, -0.2) is 64.3 Å². The number of hydrogen-bond donors (Lipinski definition) is 1. The van der Waals surface area contributed by atoms with Crippen LogP contribution in [0.25, 0.3) is 11.0 Å². The van der Waals surface area contributed by atoms with E-state index in [2.05, 4.69) is 34.4 Å². The maximum absolute atomic E-state index is 13.4. The molecule has 0 aliphatic carbocycles. The minimum absolute atomic E-state index is 0.0630. The highest BCUT2D eigenvalue weighted by Crippen LogP contribution is 2.35. The van der Waals surface area contributed by atoms with Crippen LogP contribution in [0.5, 0.6) is 0 Å². The standard InChI is InChI=1S/C25H32N6O2S/c1-2-34-24-28-21(30-13-6-7-14-30)20-18-27-31(22(20)29-24)15-12-26-23(32)25(10-16-33-17-11-25)19-8-4-3-5-9-19/h3-5,8-9,18H,2,6-7,10-17H2,1H3,(H,26,32). The van der Waals surface area contributed by atoms with Gasteiger partial charge in [-0.1, -0.05) is 49.0 Å². The number of anilines is 1. The van der Waals surface area contributed by atoms with Crippen LogP contribution in [0.15, 0.2) is 41.7 Å². The molecule has 1 amide bonds. The van der Waals surface area contributed by atoms with E-state index in [1.54, 1.807) is 11.8 Å². The number of nitrogens with zero attached hydrogens (tertiary/aromatic N) is 5. The van der Waals surface area contributed by atoms with Gasteiger partial charge in [0.25, 0.3) is 0 Å². The molecule has 0 atom stereocenters.